The van der Waals surface area contributed by atoms with Crippen LogP contribution in [0.3, 0.4) is 0 Å². The molecule has 0 bridgehead atoms. The molecule has 0 saturated heterocycles. The Morgan fingerprint density at radius 1 is 0.400 bits per heavy atom. The summed E-state index contributed by atoms with van der Waals surface area (Å²) in [5.74, 6) is 0. The van der Waals surface area contributed by atoms with Gasteiger partial charge in [-0.25, -0.2) is 0 Å². The van der Waals surface area contributed by atoms with Crippen molar-refractivity contribution in [3.63, 3.8) is 0 Å². The largest absolute Gasteiger partial charge is 0.870 e. The van der Waals surface area contributed by atoms with Crippen LogP contribution in [-0.4, -0.2) is 21.9 Å². The van der Waals surface area contributed by atoms with Gasteiger partial charge in [-0.15, -0.1) is 0 Å². The second kappa shape index (κ2) is 52.3. The minimum absolute atomic E-state index is 0. The van der Waals surface area contributed by atoms with Crippen LogP contribution in [0.25, 0.3) is 0 Å². The Kier molecular flexibility index (Phi) is 975. The molecule has 0 aliphatic carbocycles. The summed E-state index contributed by atoms with van der Waals surface area (Å²) < 4.78 is 0. The molecule has 1 radical (unpaired) electrons. The van der Waals surface area contributed by atoms with Crippen LogP contribution in [0.1, 0.15) is 0 Å². The second-order valence-corrected chi connectivity index (χ2v) is 0. The standard InChI is InChI=1S/Eu.4H2O/h;4*1H2/p-4. The quantitative estimate of drug-likeness (QED) is 0.535. The number of hydrogen-bond acceptors (Lipinski definition) is 4. The van der Waals surface area contributed by atoms with Crippen LogP contribution in [0.4, 0.5) is 0 Å². The molecule has 0 atom stereocenters. The smallest absolute Gasteiger partial charge is 0 e. The van der Waals surface area contributed by atoms with Gasteiger partial charge in [0.15, 0.2) is 0 Å². The first-order chi connectivity index (χ1) is 0. The van der Waals surface area contributed by atoms with E-state index in [0.717, 1.165) is 0 Å². The summed E-state index contributed by atoms with van der Waals surface area (Å²) in [6, 6.07) is 0. The maximum Gasteiger partial charge on any atom is 0 e. The van der Waals surface area contributed by atoms with Gasteiger partial charge in [-0.1, -0.05) is 0 Å². The predicted octanol–water partition coefficient (Wildman–Crippen LogP) is -0.707. The third-order valence-corrected chi connectivity index (χ3v) is 0. The second-order valence-electron chi connectivity index (χ2n) is 0. The molecule has 0 aromatic carbocycles. The Hall–Kier alpha value is 1.42. The van der Waals surface area contributed by atoms with Crippen LogP contribution in [0.2, 0.25) is 0 Å². The van der Waals surface area contributed by atoms with Gasteiger partial charge in [0.1, 0.15) is 0 Å². The summed E-state index contributed by atoms with van der Waals surface area (Å²) in [4.78, 5) is 0. The third kappa shape index (κ3) is 31.4. The summed E-state index contributed by atoms with van der Waals surface area (Å²) in [6.45, 7) is 0. The van der Waals surface area contributed by atoms with Gasteiger partial charge in [-0.05, 0) is 0 Å². The van der Waals surface area contributed by atoms with Crippen LogP contribution in [0, 0.1) is 49.4 Å². The van der Waals surface area contributed by atoms with Crippen LogP contribution in [-0.2, 0) is 0 Å². The van der Waals surface area contributed by atoms with Crippen molar-refractivity contribution in [1.82, 2.24) is 0 Å². The molecule has 0 aliphatic heterocycles. The summed E-state index contributed by atoms with van der Waals surface area (Å²) in [7, 11) is 0. The molecule has 0 spiro atoms. The van der Waals surface area contributed by atoms with E-state index in [9.17, 15) is 0 Å². The van der Waals surface area contributed by atoms with Crippen molar-refractivity contribution < 1.29 is 71.3 Å². The molecule has 0 unspecified atom stereocenters. The van der Waals surface area contributed by atoms with Crippen LogP contribution < -0.4 is 0 Å². The summed E-state index contributed by atoms with van der Waals surface area (Å²) in [5.41, 5.74) is 0. The molecule has 4 nitrogen and oxygen atoms in total. The van der Waals surface area contributed by atoms with E-state index in [-0.39, 0.29) is 71.3 Å². The van der Waals surface area contributed by atoms with Gasteiger partial charge in [0, 0.05) is 49.4 Å². The zero-order chi connectivity index (χ0) is 0. The first kappa shape index (κ1) is 93.2. The predicted molar refractivity (Wildman–Crippen MR) is 7.74 cm³/mol. The average molecular weight is 220 g/mol. The normalized spacial score (nSPS) is 0. The van der Waals surface area contributed by atoms with Crippen molar-refractivity contribution in [2.24, 2.45) is 0 Å². The fourth-order valence-electron chi connectivity index (χ4n) is 0. The van der Waals surface area contributed by atoms with Crippen molar-refractivity contribution in [3.05, 3.63) is 0 Å². The van der Waals surface area contributed by atoms with Crippen molar-refractivity contribution in [2.75, 3.05) is 0 Å². The van der Waals surface area contributed by atoms with Gasteiger partial charge in [-0.2, -0.15) is 0 Å². The van der Waals surface area contributed by atoms with E-state index in [0.29, 0.717) is 0 Å². The molecule has 0 rings (SSSR count). The molecular formula is H4EuO4-4. The summed E-state index contributed by atoms with van der Waals surface area (Å²) in [6.07, 6.45) is 0. The number of rotatable bonds is 0. The topological polar surface area (TPSA) is 120 Å². The monoisotopic (exact) mass is 221 g/mol. The minimum atomic E-state index is 0. The summed E-state index contributed by atoms with van der Waals surface area (Å²) >= 11 is 0. The van der Waals surface area contributed by atoms with Crippen molar-refractivity contribution in [1.29, 1.82) is 0 Å². The zero-order valence-corrected chi connectivity index (χ0v) is 4.59. The van der Waals surface area contributed by atoms with Gasteiger partial charge in [0.2, 0.25) is 0 Å². The van der Waals surface area contributed by atoms with E-state index in [1.54, 1.807) is 0 Å². The molecule has 0 aliphatic rings. The third-order valence-electron chi connectivity index (χ3n) is 0. The first-order valence-corrected chi connectivity index (χ1v) is 0. The van der Waals surface area contributed by atoms with Crippen molar-refractivity contribution in [3.8, 4) is 0 Å². The molecule has 5 heavy (non-hydrogen) atoms. The van der Waals surface area contributed by atoms with Crippen LogP contribution in [0.15, 0.2) is 0 Å². The number of hydrogen-bond donors (Lipinski definition) is 0. The molecule has 0 amide bonds. The Labute approximate surface area is 70.3 Å². The van der Waals surface area contributed by atoms with E-state index in [4.69, 9.17) is 0 Å². The molecular weight excluding hydrogens is 216 g/mol. The van der Waals surface area contributed by atoms with Gasteiger partial charge in [0.25, 0.3) is 0 Å². The molecule has 0 saturated carbocycles. The van der Waals surface area contributed by atoms with Gasteiger partial charge < -0.3 is 21.9 Å². The van der Waals surface area contributed by atoms with Gasteiger partial charge in [-0.3, -0.25) is 0 Å². The van der Waals surface area contributed by atoms with Gasteiger partial charge >= 0.3 is 0 Å². The molecule has 0 aromatic heterocycles. The fraction of sp³-hybridized carbons (Fsp3) is 0. The molecule has 4 N–H and O–H groups in total. The molecule has 0 aromatic rings. The van der Waals surface area contributed by atoms with E-state index in [1.807, 2.05) is 0 Å². The Bertz CT molecular complexity index is 3.61. The SMILES string of the molecule is [Eu].[OH-].[OH-].[OH-].[OH-]. The maximum absolute atomic E-state index is 0. The van der Waals surface area contributed by atoms with E-state index >= 15 is 0 Å². The molecule has 0 heterocycles. The molecule has 0 fully saturated rings. The Morgan fingerprint density at radius 2 is 0.400 bits per heavy atom. The molecule has 5 heteroatoms. The minimum Gasteiger partial charge on any atom is -0.870 e. The van der Waals surface area contributed by atoms with Gasteiger partial charge in [0.05, 0.1) is 0 Å². The van der Waals surface area contributed by atoms with Crippen molar-refractivity contribution in [2.45, 2.75) is 0 Å². The maximum atomic E-state index is 0. The average Bonchev–Trinajstić information content (AvgIpc) is 0. The first-order valence-electron chi connectivity index (χ1n) is 0. The van der Waals surface area contributed by atoms with E-state index in [1.165, 1.54) is 0 Å². The molecule has 39 valence electrons. The Morgan fingerprint density at radius 3 is 0.400 bits per heavy atom. The van der Waals surface area contributed by atoms with Crippen LogP contribution in [0.5, 0.6) is 0 Å². The van der Waals surface area contributed by atoms with Crippen LogP contribution >= 0.6 is 0 Å². The Balaban J connectivity index is 0. The van der Waals surface area contributed by atoms with E-state index in [2.05, 4.69) is 0 Å². The van der Waals surface area contributed by atoms with Crippen molar-refractivity contribution >= 4 is 0 Å². The zero-order valence-electron chi connectivity index (χ0n) is 2.17. The summed E-state index contributed by atoms with van der Waals surface area (Å²) in [5, 5.41) is 0. The van der Waals surface area contributed by atoms with E-state index < -0.39 is 0 Å². The fourth-order valence-corrected chi connectivity index (χ4v) is 0.